The second-order valence-corrected chi connectivity index (χ2v) is 12.3. The van der Waals surface area contributed by atoms with Crippen LogP contribution < -0.4 is 5.32 Å². The molecule has 1 amide bonds. The summed E-state index contributed by atoms with van der Waals surface area (Å²) in [6.07, 6.45) is 2.94. The number of aryl methyl sites for hydroxylation is 1. The number of fused-ring (bicyclic) bond motifs is 3. The zero-order chi connectivity index (χ0) is 32.6. The van der Waals surface area contributed by atoms with Gasteiger partial charge in [-0.15, -0.1) is 0 Å². The molecule has 47 heavy (non-hydrogen) atoms. The Bertz CT molecular complexity index is 1610. The summed E-state index contributed by atoms with van der Waals surface area (Å²) in [6, 6.07) is 35.0. The van der Waals surface area contributed by atoms with Crippen LogP contribution >= 0.6 is 0 Å². The normalized spacial score (nSPS) is 19.7. The number of rotatable bonds is 11. The minimum Gasteiger partial charge on any atom is -0.465 e. The van der Waals surface area contributed by atoms with Crippen molar-refractivity contribution in [3.05, 3.63) is 143 Å². The van der Waals surface area contributed by atoms with Crippen molar-refractivity contribution in [2.45, 2.75) is 75.7 Å². The molecule has 242 valence electrons. The smallest absolute Gasteiger partial charge is 0.329 e. The first-order valence-corrected chi connectivity index (χ1v) is 16.7. The van der Waals surface area contributed by atoms with Crippen LogP contribution in [-0.4, -0.2) is 47.5 Å². The molecule has 4 aromatic carbocycles. The molecule has 7 nitrogen and oxygen atoms in total. The predicted octanol–water partition coefficient (Wildman–Crippen LogP) is 6.52. The highest BCUT2D eigenvalue weighted by Crippen LogP contribution is 2.40. The molecule has 0 aliphatic carbocycles. The summed E-state index contributed by atoms with van der Waals surface area (Å²) in [5.74, 6) is -1.00. The van der Waals surface area contributed by atoms with Crippen molar-refractivity contribution in [2.75, 3.05) is 6.61 Å². The van der Waals surface area contributed by atoms with E-state index in [2.05, 4.69) is 11.4 Å². The summed E-state index contributed by atoms with van der Waals surface area (Å²) in [5, 5.41) is 3.41. The van der Waals surface area contributed by atoms with E-state index in [9.17, 15) is 14.4 Å². The maximum Gasteiger partial charge on any atom is 0.329 e. The number of hydrogen-bond donors (Lipinski definition) is 1. The summed E-state index contributed by atoms with van der Waals surface area (Å²) in [4.78, 5) is 43.9. The lowest BCUT2D eigenvalue weighted by Crippen LogP contribution is -2.57. The quantitative estimate of drug-likeness (QED) is 0.190. The molecule has 7 heteroatoms. The molecule has 2 heterocycles. The number of ether oxygens (including phenoxy) is 2. The molecule has 0 aromatic heterocycles. The van der Waals surface area contributed by atoms with Gasteiger partial charge in [-0.3, -0.25) is 14.9 Å². The molecule has 2 aliphatic heterocycles. The molecular formula is C40H42N2O5. The van der Waals surface area contributed by atoms with Gasteiger partial charge in [0.1, 0.15) is 12.1 Å². The third kappa shape index (κ3) is 7.47. The average Bonchev–Trinajstić information content (AvgIpc) is 3.24. The molecule has 1 saturated heterocycles. The Balaban J connectivity index is 1.30. The monoisotopic (exact) mass is 630 g/mol. The number of amides is 1. The lowest BCUT2D eigenvalue weighted by molar-refractivity contribution is -0.163. The minimum absolute atomic E-state index is 0.196. The maximum absolute atomic E-state index is 14.7. The number of nitrogens with one attached hydrogen (secondary N) is 1. The highest BCUT2D eigenvalue weighted by atomic mass is 16.5. The van der Waals surface area contributed by atoms with Crippen molar-refractivity contribution in [1.29, 1.82) is 0 Å². The maximum atomic E-state index is 14.7. The van der Waals surface area contributed by atoms with Gasteiger partial charge in [-0.25, -0.2) is 4.79 Å². The standard InChI is InChI=1S/C40H42N2O5/c1-2-46-39(44)33(26-25-28-15-6-3-7-16-28)41-34-27-31-21-12-13-22-32(31)35-23-14-24-36(42(35)38(34)43)40(45)47-37(29-17-8-4-9-18-29)30-19-10-5-11-20-30/h3-13,15-22,33-37,41H,2,14,23-27H2,1H3/t33?,34-,35+,36-/m0/s1. The zero-order valence-corrected chi connectivity index (χ0v) is 26.8. The lowest BCUT2D eigenvalue weighted by Gasteiger charge is -2.42. The van der Waals surface area contributed by atoms with Gasteiger partial charge in [0.2, 0.25) is 5.91 Å². The number of piperidine rings is 1. The molecule has 1 N–H and O–H groups in total. The molecule has 0 bridgehead atoms. The number of hydrogen-bond acceptors (Lipinski definition) is 6. The molecule has 0 radical (unpaired) electrons. The predicted molar refractivity (Wildman–Crippen MR) is 180 cm³/mol. The average molecular weight is 631 g/mol. The van der Waals surface area contributed by atoms with E-state index < -0.39 is 30.2 Å². The van der Waals surface area contributed by atoms with E-state index in [0.717, 1.165) is 40.7 Å². The number of carbonyl (C=O) groups excluding carboxylic acids is 3. The van der Waals surface area contributed by atoms with E-state index in [1.165, 1.54) is 0 Å². The van der Waals surface area contributed by atoms with E-state index in [0.29, 0.717) is 25.7 Å². The molecule has 2 aliphatic rings. The van der Waals surface area contributed by atoms with Gasteiger partial charge in [-0.1, -0.05) is 115 Å². The van der Waals surface area contributed by atoms with Crippen molar-refractivity contribution < 1.29 is 23.9 Å². The molecular weight excluding hydrogens is 588 g/mol. The SMILES string of the molecule is CCOC(=O)C(CCc1ccccc1)N[C@H]1Cc2ccccc2[C@H]2CCC[C@@H](C(=O)OC(c3ccccc3)c3ccccc3)N2C1=O. The first-order valence-electron chi connectivity index (χ1n) is 16.7. The van der Waals surface area contributed by atoms with Crippen molar-refractivity contribution >= 4 is 17.8 Å². The van der Waals surface area contributed by atoms with Crippen LogP contribution in [0.4, 0.5) is 0 Å². The Kier molecular flexibility index (Phi) is 10.4. The second-order valence-electron chi connectivity index (χ2n) is 12.3. The minimum atomic E-state index is -0.767. The van der Waals surface area contributed by atoms with Crippen molar-refractivity contribution in [3.63, 3.8) is 0 Å². The molecule has 4 atom stereocenters. The van der Waals surface area contributed by atoms with Crippen LogP contribution in [0.25, 0.3) is 0 Å². The Morgan fingerprint density at radius 3 is 2.11 bits per heavy atom. The zero-order valence-electron chi connectivity index (χ0n) is 26.8. The van der Waals surface area contributed by atoms with E-state index in [1.807, 2.05) is 109 Å². The molecule has 1 fully saturated rings. The number of benzene rings is 4. The Hall–Kier alpha value is -4.75. The first-order chi connectivity index (χ1) is 23.0. The molecule has 0 saturated carbocycles. The van der Waals surface area contributed by atoms with E-state index in [4.69, 9.17) is 9.47 Å². The fraction of sp³-hybridized carbons (Fsp3) is 0.325. The molecule has 1 unspecified atom stereocenters. The van der Waals surface area contributed by atoms with Crippen LogP contribution in [0.3, 0.4) is 0 Å². The highest BCUT2D eigenvalue weighted by Gasteiger charge is 2.46. The van der Waals surface area contributed by atoms with Crippen LogP contribution in [-0.2, 0) is 36.7 Å². The van der Waals surface area contributed by atoms with Gasteiger partial charge < -0.3 is 14.4 Å². The summed E-state index contributed by atoms with van der Waals surface area (Å²) < 4.78 is 11.8. The lowest BCUT2D eigenvalue weighted by atomic mass is 9.89. The highest BCUT2D eigenvalue weighted by molar-refractivity contribution is 5.90. The number of esters is 2. The van der Waals surface area contributed by atoms with Gasteiger partial charge >= 0.3 is 11.9 Å². The van der Waals surface area contributed by atoms with Crippen LogP contribution in [0, 0.1) is 0 Å². The first kappa shape index (κ1) is 32.2. The van der Waals surface area contributed by atoms with Gasteiger partial charge in [-0.2, -0.15) is 0 Å². The third-order valence-corrected chi connectivity index (χ3v) is 9.27. The van der Waals surface area contributed by atoms with Crippen LogP contribution in [0.5, 0.6) is 0 Å². The number of nitrogens with zero attached hydrogens (tertiary/aromatic N) is 1. The topological polar surface area (TPSA) is 84.9 Å². The second kappa shape index (κ2) is 15.2. The Morgan fingerprint density at radius 2 is 1.45 bits per heavy atom. The summed E-state index contributed by atoms with van der Waals surface area (Å²) >= 11 is 0. The van der Waals surface area contributed by atoms with Crippen LogP contribution in [0.1, 0.15) is 72.6 Å². The molecule has 6 rings (SSSR count). The van der Waals surface area contributed by atoms with Crippen LogP contribution in [0.15, 0.2) is 115 Å². The van der Waals surface area contributed by atoms with Gasteiger partial charge in [0, 0.05) is 0 Å². The van der Waals surface area contributed by atoms with Gasteiger partial charge in [-0.05, 0) is 73.3 Å². The number of carbonyl (C=O) groups is 3. The Morgan fingerprint density at radius 1 is 0.830 bits per heavy atom. The van der Waals surface area contributed by atoms with Gasteiger partial charge in [0.05, 0.1) is 18.7 Å². The van der Waals surface area contributed by atoms with E-state index >= 15 is 0 Å². The van der Waals surface area contributed by atoms with Crippen molar-refractivity contribution in [3.8, 4) is 0 Å². The van der Waals surface area contributed by atoms with Crippen LogP contribution in [0.2, 0.25) is 0 Å². The molecule has 4 aromatic rings. The molecule has 0 spiro atoms. The Labute approximate surface area is 276 Å². The van der Waals surface area contributed by atoms with Gasteiger partial charge in [0.15, 0.2) is 6.10 Å². The fourth-order valence-corrected chi connectivity index (χ4v) is 7.00. The third-order valence-electron chi connectivity index (χ3n) is 9.27. The van der Waals surface area contributed by atoms with Crippen molar-refractivity contribution in [2.24, 2.45) is 0 Å². The van der Waals surface area contributed by atoms with E-state index in [-0.39, 0.29) is 24.5 Å². The summed E-state index contributed by atoms with van der Waals surface area (Å²) in [5.41, 5.74) is 4.91. The summed E-state index contributed by atoms with van der Waals surface area (Å²) in [6.45, 7) is 2.03. The fourth-order valence-electron chi connectivity index (χ4n) is 7.00. The van der Waals surface area contributed by atoms with E-state index in [1.54, 1.807) is 11.8 Å². The van der Waals surface area contributed by atoms with Gasteiger partial charge in [0.25, 0.3) is 0 Å². The largest absolute Gasteiger partial charge is 0.465 e. The van der Waals surface area contributed by atoms with Crippen molar-refractivity contribution in [1.82, 2.24) is 10.2 Å². The summed E-state index contributed by atoms with van der Waals surface area (Å²) in [7, 11) is 0.